The first-order valence-corrected chi connectivity index (χ1v) is 5.93. The lowest BCUT2D eigenvalue weighted by molar-refractivity contribution is 0.0442. The molecule has 2 N–H and O–H groups in total. The quantitative estimate of drug-likeness (QED) is 0.808. The molecule has 3 nitrogen and oxygen atoms in total. The summed E-state index contributed by atoms with van der Waals surface area (Å²) < 4.78 is 5.55. The van der Waals surface area contributed by atoms with Gasteiger partial charge < -0.3 is 15.2 Å². The van der Waals surface area contributed by atoms with E-state index < -0.39 is 0 Å². The van der Waals surface area contributed by atoms with Crippen molar-refractivity contribution < 1.29 is 9.84 Å². The van der Waals surface area contributed by atoms with Crippen LogP contribution >= 0.6 is 0 Å². The van der Waals surface area contributed by atoms with E-state index in [4.69, 9.17) is 4.74 Å². The summed E-state index contributed by atoms with van der Waals surface area (Å²) in [6.45, 7) is 2.41. The molecule has 0 amide bonds. The van der Waals surface area contributed by atoms with Gasteiger partial charge in [0.05, 0.1) is 6.10 Å². The molecule has 3 heteroatoms. The smallest absolute Gasteiger partial charge is 0.119 e. The molecule has 1 unspecified atom stereocenters. The number of aliphatic hydroxyl groups excluding tert-OH is 1. The van der Waals surface area contributed by atoms with Gasteiger partial charge in [-0.25, -0.2) is 0 Å². The molecule has 1 aliphatic heterocycles. The Bertz CT molecular complexity index is 296. The molecule has 1 aromatic carbocycles. The number of para-hydroxylation sites is 1. The fraction of sp³-hybridized carbons (Fsp3) is 0.538. The maximum atomic E-state index is 9.98. The first-order chi connectivity index (χ1) is 7.86. The molecule has 1 fully saturated rings. The zero-order chi connectivity index (χ0) is 11.2. The van der Waals surface area contributed by atoms with Gasteiger partial charge in [0.1, 0.15) is 12.4 Å². The third-order valence-electron chi connectivity index (χ3n) is 3.09. The lowest BCUT2D eigenvalue weighted by atomic mass is 9.93. The summed E-state index contributed by atoms with van der Waals surface area (Å²) in [6, 6.07) is 9.65. The maximum absolute atomic E-state index is 9.98. The van der Waals surface area contributed by atoms with Gasteiger partial charge in [-0.05, 0) is 44.0 Å². The molecule has 0 radical (unpaired) electrons. The van der Waals surface area contributed by atoms with Gasteiger partial charge in [0.15, 0.2) is 0 Å². The van der Waals surface area contributed by atoms with Crippen LogP contribution < -0.4 is 10.1 Å². The predicted molar refractivity (Wildman–Crippen MR) is 63.5 cm³/mol. The zero-order valence-electron chi connectivity index (χ0n) is 9.43. The van der Waals surface area contributed by atoms with E-state index in [1.165, 1.54) is 0 Å². The number of aliphatic hydroxyl groups is 1. The second-order valence-corrected chi connectivity index (χ2v) is 4.28. The minimum atomic E-state index is -0.345. The Kier molecular flexibility index (Phi) is 4.19. The second-order valence-electron chi connectivity index (χ2n) is 4.28. The van der Waals surface area contributed by atoms with Crippen molar-refractivity contribution in [3.05, 3.63) is 30.3 Å². The number of nitrogens with one attached hydrogen (secondary N) is 1. The van der Waals surface area contributed by atoms with E-state index in [1.54, 1.807) is 0 Å². The fourth-order valence-electron chi connectivity index (χ4n) is 2.06. The van der Waals surface area contributed by atoms with E-state index in [1.807, 2.05) is 30.3 Å². The first kappa shape index (κ1) is 11.4. The minimum Gasteiger partial charge on any atom is -0.491 e. The van der Waals surface area contributed by atoms with E-state index in [-0.39, 0.29) is 6.10 Å². The summed E-state index contributed by atoms with van der Waals surface area (Å²) >= 11 is 0. The van der Waals surface area contributed by atoms with Crippen LogP contribution in [0.25, 0.3) is 0 Å². The molecule has 1 aliphatic rings. The Morgan fingerprint density at radius 3 is 2.62 bits per heavy atom. The Morgan fingerprint density at radius 2 is 1.94 bits per heavy atom. The molecular formula is C13H19NO2. The van der Waals surface area contributed by atoms with Crippen LogP contribution in [0.3, 0.4) is 0 Å². The van der Waals surface area contributed by atoms with Gasteiger partial charge in [-0.1, -0.05) is 18.2 Å². The molecule has 1 atom stereocenters. The van der Waals surface area contributed by atoms with Crippen molar-refractivity contribution in [2.75, 3.05) is 19.7 Å². The lowest BCUT2D eigenvalue weighted by Gasteiger charge is -2.27. The normalized spacial score (nSPS) is 19.3. The SMILES string of the molecule is OC(COc1ccccc1)C1CCNCC1. The molecule has 88 valence electrons. The summed E-state index contributed by atoms with van der Waals surface area (Å²) in [5.74, 6) is 1.21. The maximum Gasteiger partial charge on any atom is 0.119 e. The van der Waals surface area contributed by atoms with Crippen molar-refractivity contribution in [1.82, 2.24) is 5.32 Å². The van der Waals surface area contributed by atoms with Gasteiger partial charge in [-0.3, -0.25) is 0 Å². The van der Waals surface area contributed by atoms with Crippen molar-refractivity contribution in [1.29, 1.82) is 0 Å². The van der Waals surface area contributed by atoms with E-state index in [2.05, 4.69) is 5.32 Å². The first-order valence-electron chi connectivity index (χ1n) is 5.93. The van der Waals surface area contributed by atoms with E-state index in [9.17, 15) is 5.11 Å². The van der Waals surface area contributed by atoms with Crippen molar-refractivity contribution in [3.8, 4) is 5.75 Å². The molecule has 16 heavy (non-hydrogen) atoms. The standard InChI is InChI=1S/C13H19NO2/c15-13(11-6-8-14-9-7-11)10-16-12-4-2-1-3-5-12/h1-5,11,13-15H,6-10H2. The van der Waals surface area contributed by atoms with Crippen molar-refractivity contribution in [2.24, 2.45) is 5.92 Å². The van der Waals surface area contributed by atoms with Crippen LogP contribution in [-0.2, 0) is 0 Å². The van der Waals surface area contributed by atoms with Crippen LogP contribution in [0.2, 0.25) is 0 Å². The topological polar surface area (TPSA) is 41.5 Å². The number of piperidine rings is 1. The molecule has 0 aliphatic carbocycles. The van der Waals surface area contributed by atoms with Gasteiger partial charge in [-0.2, -0.15) is 0 Å². The summed E-state index contributed by atoms with van der Waals surface area (Å²) in [7, 11) is 0. The summed E-state index contributed by atoms with van der Waals surface area (Å²) in [5, 5.41) is 13.3. The highest BCUT2D eigenvalue weighted by Crippen LogP contribution is 2.17. The Hall–Kier alpha value is -1.06. The molecule has 1 aromatic rings. The molecule has 1 heterocycles. The zero-order valence-corrected chi connectivity index (χ0v) is 9.43. The van der Waals surface area contributed by atoms with Crippen molar-refractivity contribution in [3.63, 3.8) is 0 Å². The molecular weight excluding hydrogens is 202 g/mol. The number of rotatable bonds is 4. The second kappa shape index (κ2) is 5.87. The number of ether oxygens (including phenoxy) is 1. The van der Waals surface area contributed by atoms with E-state index in [0.717, 1.165) is 31.7 Å². The predicted octanol–water partition coefficient (Wildman–Crippen LogP) is 1.43. The van der Waals surface area contributed by atoms with Crippen molar-refractivity contribution >= 4 is 0 Å². The molecule has 0 bridgehead atoms. The van der Waals surface area contributed by atoms with Crippen LogP contribution in [-0.4, -0.2) is 30.9 Å². The largest absolute Gasteiger partial charge is 0.491 e. The summed E-state index contributed by atoms with van der Waals surface area (Å²) in [6.07, 6.45) is 1.74. The lowest BCUT2D eigenvalue weighted by Crippen LogP contribution is -2.36. The molecule has 1 saturated heterocycles. The summed E-state index contributed by atoms with van der Waals surface area (Å²) in [4.78, 5) is 0. The number of benzene rings is 1. The van der Waals surface area contributed by atoms with Gasteiger partial charge in [0, 0.05) is 0 Å². The van der Waals surface area contributed by atoms with E-state index >= 15 is 0 Å². The third kappa shape index (κ3) is 3.22. The molecule has 0 spiro atoms. The van der Waals surface area contributed by atoms with Gasteiger partial charge in [0.25, 0.3) is 0 Å². The average Bonchev–Trinajstić information content (AvgIpc) is 2.38. The van der Waals surface area contributed by atoms with Crippen LogP contribution in [0.15, 0.2) is 30.3 Å². The van der Waals surface area contributed by atoms with Gasteiger partial charge >= 0.3 is 0 Å². The highest BCUT2D eigenvalue weighted by atomic mass is 16.5. The molecule has 0 saturated carbocycles. The van der Waals surface area contributed by atoms with Gasteiger partial charge in [0.2, 0.25) is 0 Å². The van der Waals surface area contributed by atoms with Crippen LogP contribution in [0.4, 0.5) is 0 Å². The van der Waals surface area contributed by atoms with Crippen LogP contribution in [0.5, 0.6) is 5.75 Å². The van der Waals surface area contributed by atoms with Crippen LogP contribution in [0.1, 0.15) is 12.8 Å². The number of hydrogen-bond donors (Lipinski definition) is 2. The monoisotopic (exact) mass is 221 g/mol. The average molecular weight is 221 g/mol. The third-order valence-corrected chi connectivity index (χ3v) is 3.09. The van der Waals surface area contributed by atoms with Crippen LogP contribution in [0, 0.1) is 5.92 Å². The highest BCUT2D eigenvalue weighted by Gasteiger charge is 2.21. The fourth-order valence-corrected chi connectivity index (χ4v) is 2.06. The van der Waals surface area contributed by atoms with E-state index in [0.29, 0.717) is 12.5 Å². The minimum absolute atomic E-state index is 0.345. The molecule has 0 aromatic heterocycles. The molecule has 2 rings (SSSR count). The Morgan fingerprint density at radius 1 is 1.25 bits per heavy atom. The Labute approximate surface area is 96.4 Å². The number of hydrogen-bond acceptors (Lipinski definition) is 3. The Balaban J connectivity index is 1.76. The van der Waals surface area contributed by atoms with Crippen molar-refractivity contribution in [2.45, 2.75) is 18.9 Å². The summed E-state index contributed by atoms with van der Waals surface area (Å²) in [5.41, 5.74) is 0. The van der Waals surface area contributed by atoms with Gasteiger partial charge in [-0.15, -0.1) is 0 Å². The highest BCUT2D eigenvalue weighted by molar-refractivity contribution is 5.20.